The molecular weight excluding hydrogens is 266 g/mol. The van der Waals surface area contributed by atoms with E-state index in [0.29, 0.717) is 0 Å². The van der Waals surface area contributed by atoms with E-state index in [1.165, 1.54) is 16.7 Å². The van der Waals surface area contributed by atoms with Crippen LogP contribution in [-0.2, 0) is 0 Å². The Morgan fingerprint density at radius 2 is 1.85 bits per heavy atom. The number of hydrogen-bond acceptors (Lipinski definition) is 1. The first-order valence-electron chi connectivity index (χ1n) is 7.18. The summed E-state index contributed by atoms with van der Waals surface area (Å²) < 4.78 is 0. The van der Waals surface area contributed by atoms with Crippen LogP contribution < -0.4 is 5.32 Å². The van der Waals surface area contributed by atoms with Crippen molar-refractivity contribution in [2.45, 2.75) is 33.2 Å². The Kier molecular flexibility index (Phi) is 5.22. The van der Waals surface area contributed by atoms with Gasteiger partial charge in [0.15, 0.2) is 0 Å². The highest BCUT2D eigenvalue weighted by Crippen LogP contribution is 2.29. The Morgan fingerprint density at radius 3 is 2.55 bits per heavy atom. The van der Waals surface area contributed by atoms with Crippen molar-refractivity contribution in [1.29, 1.82) is 0 Å². The normalized spacial score (nSPS) is 12.4. The second-order valence-corrected chi connectivity index (χ2v) is 5.66. The molecule has 1 unspecified atom stereocenters. The van der Waals surface area contributed by atoms with Gasteiger partial charge in [-0.2, -0.15) is 0 Å². The lowest BCUT2D eigenvalue weighted by Gasteiger charge is -2.22. The molecule has 2 rings (SSSR count). The second kappa shape index (κ2) is 6.92. The van der Waals surface area contributed by atoms with E-state index in [4.69, 9.17) is 11.6 Å². The Hall–Kier alpha value is -1.31. The molecule has 0 aromatic heterocycles. The third-order valence-electron chi connectivity index (χ3n) is 3.59. The standard InChI is InChI=1S/C18H22ClN/c1-4-11-20-18(15-8-5-7-13(2)12-15)16-9-6-10-17(19)14(16)3/h5-10,12,18,20H,4,11H2,1-3H3. The minimum Gasteiger partial charge on any atom is -0.306 e. The van der Waals surface area contributed by atoms with Gasteiger partial charge in [0, 0.05) is 5.02 Å². The van der Waals surface area contributed by atoms with Crippen molar-refractivity contribution in [3.05, 3.63) is 69.7 Å². The van der Waals surface area contributed by atoms with Gasteiger partial charge in [-0.05, 0) is 49.6 Å². The summed E-state index contributed by atoms with van der Waals surface area (Å²) in [5.74, 6) is 0. The summed E-state index contributed by atoms with van der Waals surface area (Å²) >= 11 is 6.28. The predicted molar refractivity (Wildman–Crippen MR) is 87.5 cm³/mol. The molecule has 0 aliphatic carbocycles. The van der Waals surface area contributed by atoms with Crippen LogP contribution in [0.2, 0.25) is 5.02 Å². The van der Waals surface area contributed by atoms with Gasteiger partial charge >= 0.3 is 0 Å². The highest BCUT2D eigenvalue weighted by Gasteiger charge is 2.16. The van der Waals surface area contributed by atoms with Crippen LogP contribution in [0, 0.1) is 13.8 Å². The molecule has 2 heteroatoms. The third kappa shape index (κ3) is 3.41. The zero-order valence-electron chi connectivity index (χ0n) is 12.4. The SMILES string of the molecule is CCCNC(c1cccc(C)c1)c1cccc(Cl)c1C. The molecule has 0 heterocycles. The van der Waals surface area contributed by atoms with Gasteiger partial charge < -0.3 is 5.32 Å². The van der Waals surface area contributed by atoms with Crippen LogP contribution in [0.3, 0.4) is 0 Å². The number of hydrogen-bond donors (Lipinski definition) is 1. The fourth-order valence-electron chi connectivity index (χ4n) is 2.48. The van der Waals surface area contributed by atoms with E-state index in [1.807, 2.05) is 12.1 Å². The van der Waals surface area contributed by atoms with E-state index in [-0.39, 0.29) is 6.04 Å². The van der Waals surface area contributed by atoms with Crippen molar-refractivity contribution >= 4 is 11.6 Å². The lowest BCUT2D eigenvalue weighted by atomic mass is 9.94. The molecule has 0 saturated carbocycles. The molecule has 0 spiro atoms. The van der Waals surface area contributed by atoms with E-state index < -0.39 is 0 Å². The van der Waals surface area contributed by atoms with E-state index >= 15 is 0 Å². The van der Waals surface area contributed by atoms with Crippen LogP contribution in [0.4, 0.5) is 0 Å². The largest absolute Gasteiger partial charge is 0.306 e. The van der Waals surface area contributed by atoms with E-state index in [0.717, 1.165) is 23.6 Å². The minimum atomic E-state index is 0.202. The van der Waals surface area contributed by atoms with Crippen LogP contribution in [0.25, 0.3) is 0 Å². The highest BCUT2D eigenvalue weighted by atomic mass is 35.5. The van der Waals surface area contributed by atoms with Crippen LogP contribution in [0.5, 0.6) is 0 Å². The summed E-state index contributed by atoms with van der Waals surface area (Å²) in [7, 11) is 0. The zero-order chi connectivity index (χ0) is 14.5. The van der Waals surface area contributed by atoms with Crippen LogP contribution in [0.15, 0.2) is 42.5 Å². The molecule has 0 aliphatic rings. The molecule has 0 bridgehead atoms. The van der Waals surface area contributed by atoms with Crippen molar-refractivity contribution in [3.8, 4) is 0 Å². The lowest BCUT2D eigenvalue weighted by molar-refractivity contribution is 0.596. The molecule has 2 aromatic rings. The maximum absolute atomic E-state index is 6.28. The van der Waals surface area contributed by atoms with E-state index in [1.54, 1.807) is 0 Å². The molecule has 20 heavy (non-hydrogen) atoms. The Bertz CT molecular complexity index is 577. The van der Waals surface area contributed by atoms with Crippen molar-refractivity contribution in [2.75, 3.05) is 6.54 Å². The minimum absolute atomic E-state index is 0.202. The predicted octanol–water partition coefficient (Wildman–Crippen LogP) is 5.05. The molecule has 1 N–H and O–H groups in total. The summed E-state index contributed by atoms with van der Waals surface area (Å²) in [5.41, 5.74) is 5.00. The molecular formula is C18H22ClN. The summed E-state index contributed by atoms with van der Waals surface area (Å²) in [5, 5.41) is 4.47. The fraction of sp³-hybridized carbons (Fsp3) is 0.333. The monoisotopic (exact) mass is 287 g/mol. The van der Waals surface area contributed by atoms with Crippen LogP contribution >= 0.6 is 11.6 Å². The van der Waals surface area contributed by atoms with Gasteiger partial charge in [-0.1, -0.05) is 60.5 Å². The van der Waals surface area contributed by atoms with Gasteiger partial charge in [-0.25, -0.2) is 0 Å². The summed E-state index contributed by atoms with van der Waals surface area (Å²) in [6.07, 6.45) is 1.11. The smallest absolute Gasteiger partial charge is 0.0579 e. The van der Waals surface area contributed by atoms with Gasteiger partial charge in [-0.3, -0.25) is 0 Å². The highest BCUT2D eigenvalue weighted by molar-refractivity contribution is 6.31. The lowest BCUT2D eigenvalue weighted by Crippen LogP contribution is -2.24. The van der Waals surface area contributed by atoms with Gasteiger partial charge in [0.05, 0.1) is 6.04 Å². The molecule has 0 fully saturated rings. The Labute approximate surface area is 127 Å². The maximum Gasteiger partial charge on any atom is 0.0579 e. The van der Waals surface area contributed by atoms with Crippen LogP contribution in [0.1, 0.15) is 41.6 Å². The van der Waals surface area contributed by atoms with Crippen molar-refractivity contribution in [1.82, 2.24) is 5.32 Å². The summed E-state index contributed by atoms with van der Waals surface area (Å²) in [6.45, 7) is 7.40. The number of benzene rings is 2. The molecule has 1 atom stereocenters. The molecule has 106 valence electrons. The average Bonchev–Trinajstić information content (AvgIpc) is 2.44. The molecule has 0 radical (unpaired) electrons. The molecule has 0 aliphatic heterocycles. The van der Waals surface area contributed by atoms with Crippen LogP contribution in [-0.4, -0.2) is 6.54 Å². The first kappa shape index (κ1) is 15.1. The van der Waals surface area contributed by atoms with E-state index in [9.17, 15) is 0 Å². The number of halogens is 1. The van der Waals surface area contributed by atoms with Gasteiger partial charge in [-0.15, -0.1) is 0 Å². The second-order valence-electron chi connectivity index (χ2n) is 5.26. The topological polar surface area (TPSA) is 12.0 Å². The molecule has 2 aromatic carbocycles. The van der Waals surface area contributed by atoms with Gasteiger partial charge in [0.2, 0.25) is 0 Å². The maximum atomic E-state index is 6.28. The number of rotatable bonds is 5. The molecule has 1 nitrogen and oxygen atoms in total. The first-order valence-corrected chi connectivity index (χ1v) is 7.56. The van der Waals surface area contributed by atoms with E-state index in [2.05, 4.69) is 56.4 Å². The number of nitrogens with one attached hydrogen (secondary N) is 1. The van der Waals surface area contributed by atoms with Crippen molar-refractivity contribution in [2.24, 2.45) is 0 Å². The summed E-state index contributed by atoms with van der Waals surface area (Å²) in [6, 6.07) is 15.0. The van der Waals surface area contributed by atoms with Crippen molar-refractivity contribution in [3.63, 3.8) is 0 Å². The molecule has 0 saturated heterocycles. The quantitative estimate of drug-likeness (QED) is 0.812. The van der Waals surface area contributed by atoms with Crippen molar-refractivity contribution < 1.29 is 0 Å². The Balaban J connectivity index is 2.44. The first-order chi connectivity index (χ1) is 9.63. The number of aryl methyl sites for hydroxylation is 1. The molecule has 0 amide bonds. The summed E-state index contributed by atoms with van der Waals surface area (Å²) in [4.78, 5) is 0. The third-order valence-corrected chi connectivity index (χ3v) is 4.00. The Morgan fingerprint density at radius 1 is 1.10 bits per heavy atom. The van der Waals surface area contributed by atoms with Gasteiger partial charge in [0.1, 0.15) is 0 Å². The van der Waals surface area contributed by atoms with Gasteiger partial charge in [0.25, 0.3) is 0 Å². The fourth-order valence-corrected chi connectivity index (χ4v) is 2.66. The zero-order valence-corrected chi connectivity index (χ0v) is 13.2. The average molecular weight is 288 g/mol.